The molecule has 6 heteroatoms. The zero-order chi connectivity index (χ0) is 13.5. The van der Waals surface area contributed by atoms with Gasteiger partial charge in [-0.3, -0.25) is 9.59 Å². The highest BCUT2D eigenvalue weighted by Crippen LogP contribution is 2.26. The predicted molar refractivity (Wildman–Crippen MR) is 63.0 cm³/mol. The van der Waals surface area contributed by atoms with Crippen LogP contribution in [0.1, 0.15) is 44.9 Å². The summed E-state index contributed by atoms with van der Waals surface area (Å²) in [7, 11) is 0. The molecule has 0 aromatic carbocycles. The summed E-state index contributed by atoms with van der Waals surface area (Å²) in [6.07, 6.45) is 5.09. The lowest BCUT2D eigenvalue weighted by atomic mass is 9.87. The molecule has 0 unspecified atom stereocenters. The van der Waals surface area contributed by atoms with Gasteiger partial charge in [0.15, 0.2) is 0 Å². The molecular weight excluding hydrogens is 238 g/mol. The second-order valence-corrected chi connectivity index (χ2v) is 4.76. The van der Waals surface area contributed by atoms with Gasteiger partial charge in [0.1, 0.15) is 6.04 Å². The van der Waals surface area contributed by atoms with Gasteiger partial charge < -0.3 is 15.5 Å². The smallest absolute Gasteiger partial charge is 0.326 e. The van der Waals surface area contributed by atoms with Gasteiger partial charge in [0.2, 0.25) is 5.91 Å². The normalized spacial score (nSPS) is 18.0. The first-order valence-electron chi connectivity index (χ1n) is 6.23. The van der Waals surface area contributed by atoms with Crippen LogP contribution in [0.2, 0.25) is 0 Å². The third kappa shape index (κ3) is 5.16. The van der Waals surface area contributed by atoms with Crippen LogP contribution < -0.4 is 5.32 Å². The molecule has 102 valence electrons. The van der Waals surface area contributed by atoms with Crippen LogP contribution in [0.15, 0.2) is 0 Å². The highest BCUT2D eigenvalue weighted by molar-refractivity contribution is 5.86. The van der Waals surface area contributed by atoms with Gasteiger partial charge in [-0.25, -0.2) is 4.79 Å². The molecule has 1 amide bonds. The SMILES string of the molecule is O=C(O)C[C@@H](NC(=O)CC1CCCCC1)C(=O)O. The predicted octanol–water partition coefficient (Wildman–Crippen LogP) is 1.00. The van der Waals surface area contributed by atoms with E-state index in [4.69, 9.17) is 10.2 Å². The first-order chi connectivity index (χ1) is 8.49. The number of nitrogens with one attached hydrogen (secondary N) is 1. The summed E-state index contributed by atoms with van der Waals surface area (Å²) in [4.78, 5) is 32.9. The maximum Gasteiger partial charge on any atom is 0.326 e. The van der Waals surface area contributed by atoms with E-state index in [-0.39, 0.29) is 5.91 Å². The minimum atomic E-state index is -1.33. The molecule has 1 aliphatic rings. The van der Waals surface area contributed by atoms with E-state index in [0.29, 0.717) is 12.3 Å². The molecule has 0 spiro atoms. The van der Waals surface area contributed by atoms with Crippen LogP contribution in [0.5, 0.6) is 0 Å². The van der Waals surface area contributed by atoms with Crippen molar-refractivity contribution in [2.24, 2.45) is 5.92 Å². The lowest BCUT2D eigenvalue weighted by Crippen LogP contribution is -2.42. The van der Waals surface area contributed by atoms with Crippen molar-refractivity contribution >= 4 is 17.8 Å². The molecular formula is C12H19NO5. The zero-order valence-corrected chi connectivity index (χ0v) is 10.2. The van der Waals surface area contributed by atoms with Gasteiger partial charge in [-0.1, -0.05) is 19.3 Å². The summed E-state index contributed by atoms with van der Waals surface area (Å²) in [6, 6.07) is -1.33. The van der Waals surface area contributed by atoms with E-state index in [1.54, 1.807) is 0 Å². The Morgan fingerprint density at radius 1 is 1.11 bits per heavy atom. The second-order valence-electron chi connectivity index (χ2n) is 4.76. The summed E-state index contributed by atoms with van der Waals surface area (Å²) >= 11 is 0. The molecule has 18 heavy (non-hydrogen) atoms. The van der Waals surface area contributed by atoms with Gasteiger partial charge in [0, 0.05) is 6.42 Å². The average molecular weight is 257 g/mol. The maximum absolute atomic E-state index is 11.6. The molecule has 1 rings (SSSR count). The fourth-order valence-electron chi connectivity index (χ4n) is 2.28. The Morgan fingerprint density at radius 3 is 2.22 bits per heavy atom. The van der Waals surface area contributed by atoms with Crippen molar-refractivity contribution in [1.29, 1.82) is 0 Å². The number of carboxylic acids is 2. The van der Waals surface area contributed by atoms with E-state index in [2.05, 4.69) is 5.32 Å². The van der Waals surface area contributed by atoms with Crippen molar-refractivity contribution in [2.75, 3.05) is 0 Å². The summed E-state index contributed by atoms with van der Waals surface area (Å²) in [5.41, 5.74) is 0. The number of carboxylic acid groups (broad SMARTS) is 2. The Morgan fingerprint density at radius 2 is 1.72 bits per heavy atom. The molecule has 0 heterocycles. The summed E-state index contributed by atoms with van der Waals surface area (Å²) < 4.78 is 0. The maximum atomic E-state index is 11.6. The fraction of sp³-hybridized carbons (Fsp3) is 0.750. The van der Waals surface area contributed by atoms with Crippen molar-refractivity contribution in [1.82, 2.24) is 5.32 Å². The van der Waals surface area contributed by atoms with Gasteiger partial charge in [-0.05, 0) is 18.8 Å². The Labute approximate surface area is 105 Å². The third-order valence-electron chi connectivity index (χ3n) is 3.21. The lowest BCUT2D eigenvalue weighted by Gasteiger charge is -2.21. The fourth-order valence-corrected chi connectivity index (χ4v) is 2.28. The molecule has 3 N–H and O–H groups in total. The van der Waals surface area contributed by atoms with Crippen LogP contribution in [0.4, 0.5) is 0 Å². The number of hydrogen-bond donors (Lipinski definition) is 3. The van der Waals surface area contributed by atoms with E-state index >= 15 is 0 Å². The Bertz CT molecular complexity index is 322. The molecule has 1 atom stereocenters. The van der Waals surface area contributed by atoms with Crippen molar-refractivity contribution in [3.8, 4) is 0 Å². The molecule has 1 saturated carbocycles. The first-order valence-corrected chi connectivity index (χ1v) is 6.23. The van der Waals surface area contributed by atoms with Crippen LogP contribution in [0, 0.1) is 5.92 Å². The largest absolute Gasteiger partial charge is 0.481 e. The van der Waals surface area contributed by atoms with Crippen LogP contribution >= 0.6 is 0 Å². The van der Waals surface area contributed by atoms with Crippen molar-refractivity contribution < 1.29 is 24.6 Å². The average Bonchev–Trinajstić information content (AvgIpc) is 2.28. The van der Waals surface area contributed by atoms with E-state index in [9.17, 15) is 14.4 Å². The molecule has 1 fully saturated rings. The minimum Gasteiger partial charge on any atom is -0.481 e. The second kappa shape index (κ2) is 6.98. The lowest BCUT2D eigenvalue weighted by molar-refractivity contribution is -0.147. The first kappa shape index (κ1) is 14.5. The van der Waals surface area contributed by atoms with Gasteiger partial charge >= 0.3 is 11.9 Å². The van der Waals surface area contributed by atoms with Crippen LogP contribution in [-0.4, -0.2) is 34.1 Å². The number of rotatable bonds is 6. The Kier molecular flexibility index (Phi) is 5.61. The number of carbonyl (C=O) groups excluding carboxylic acids is 1. The molecule has 6 nitrogen and oxygen atoms in total. The molecule has 0 bridgehead atoms. The van der Waals surface area contributed by atoms with E-state index in [0.717, 1.165) is 25.7 Å². The molecule has 0 aliphatic heterocycles. The van der Waals surface area contributed by atoms with Gasteiger partial charge in [0.25, 0.3) is 0 Å². The summed E-state index contributed by atoms with van der Waals surface area (Å²) in [6.45, 7) is 0. The Balaban J connectivity index is 2.40. The van der Waals surface area contributed by atoms with Crippen LogP contribution in [0.25, 0.3) is 0 Å². The molecule has 0 aromatic rings. The van der Waals surface area contributed by atoms with Crippen molar-refractivity contribution in [2.45, 2.75) is 51.0 Å². The van der Waals surface area contributed by atoms with E-state index in [1.165, 1.54) is 6.42 Å². The van der Waals surface area contributed by atoms with Crippen LogP contribution in [0.3, 0.4) is 0 Å². The molecule has 0 radical (unpaired) electrons. The van der Waals surface area contributed by atoms with E-state index in [1.807, 2.05) is 0 Å². The summed E-state index contributed by atoms with van der Waals surface area (Å²) in [5.74, 6) is -2.61. The third-order valence-corrected chi connectivity index (χ3v) is 3.21. The number of hydrogen-bond acceptors (Lipinski definition) is 3. The standard InChI is InChI=1S/C12H19NO5/c14-10(6-8-4-2-1-3-5-8)13-9(12(17)18)7-11(15)16/h8-9H,1-7H2,(H,13,14)(H,15,16)(H,17,18)/t9-/m1/s1. The number of amides is 1. The van der Waals surface area contributed by atoms with Gasteiger partial charge in [0.05, 0.1) is 6.42 Å². The van der Waals surface area contributed by atoms with Gasteiger partial charge in [-0.15, -0.1) is 0 Å². The summed E-state index contributed by atoms with van der Waals surface area (Å²) in [5, 5.41) is 19.6. The highest BCUT2D eigenvalue weighted by Gasteiger charge is 2.24. The minimum absolute atomic E-state index is 0.295. The molecule has 0 aromatic heterocycles. The quantitative estimate of drug-likeness (QED) is 0.658. The highest BCUT2D eigenvalue weighted by atomic mass is 16.4. The Hall–Kier alpha value is -1.59. The molecule has 0 saturated heterocycles. The van der Waals surface area contributed by atoms with Crippen molar-refractivity contribution in [3.63, 3.8) is 0 Å². The topological polar surface area (TPSA) is 104 Å². The van der Waals surface area contributed by atoms with Crippen molar-refractivity contribution in [3.05, 3.63) is 0 Å². The van der Waals surface area contributed by atoms with E-state index < -0.39 is 24.4 Å². The number of carbonyl (C=O) groups is 3. The zero-order valence-electron chi connectivity index (χ0n) is 10.2. The monoisotopic (exact) mass is 257 g/mol. The van der Waals surface area contributed by atoms with Gasteiger partial charge in [-0.2, -0.15) is 0 Å². The molecule has 1 aliphatic carbocycles. The van der Waals surface area contributed by atoms with Crippen LogP contribution in [-0.2, 0) is 14.4 Å². The number of aliphatic carboxylic acids is 2.